The Morgan fingerprint density at radius 1 is 1.52 bits per heavy atom. The summed E-state index contributed by atoms with van der Waals surface area (Å²) < 4.78 is 28.7. The third-order valence-electron chi connectivity index (χ3n) is 2.69. The van der Waals surface area contributed by atoms with Crippen LogP contribution in [-0.2, 0) is 28.3 Å². The van der Waals surface area contributed by atoms with Crippen LogP contribution in [0.2, 0.25) is 0 Å². The average molecular weight is 330 g/mol. The summed E-state index contributed by atoms with van der Waals surface area (Å²) in [5.74, 6) is -0.512. The Labute approximate surface area is 125 Å². The van der Waals surface area contributed by atoms with Crippen LogP contribution in [0.3, 0.4) is 0 Å². The molecule has 0 aliphatic carbocycles. The monoisotopic (exact) mass is 330 g/mol. The molecule has 0 fully saturated rings. The third kappa shape index (κ3) is 3.65. The lowest BCUT2D eigenvalue weighted by Crippen LogP contribution is -2.28. The number of carbonyl (C=O) groups is 1. The van der Waals surface area contributed by atoms with Gasteiger partial charge in [0.05, 0.1) is 12.5 Å². The van der Waals surface area contributed by atoms with Crippen molar-refractivity contribution in [1.82, 2.24) is 19.5 Å². The maximum atomic E-state index is 12.2. The first kappa shape index (κ1) is 15.6. The number of aromatic nitrogens is 3. The molecule has 0 bridgehead atoms. The second kappa shape index (κ2) is 5.92. The molecule has 8 nitrogen and oxygen atoms in total. The number of rotatable bonds is 6. The largest absolute Gasteiger partial charge is 0.481 e. The molecule has 114 valence electrons. The van der Waals surface area contributed by atoms with Gasteiger partial charge in [0.15, 0.2) is 0 Å². The van der Waals surface area contributed by atoms with Crippen molar-refractivity contribution in [3.05, 3.63) is 29.2 Å². The highest BCUT2D eigenvalue weighted by atomic mass is 32.2. The van der Waals surface area contributed by atoms with Crippen molar-refractivity contribution in [3.63, 3.8) is 0 Å². The van der Waals surface area contributed by atoms with E-state index in [0.29, 0.717) is 10.7 Å². The fourth-order valence-electron chi connectivity index (χ4n) is 1.77. The first-order chi connectivity index (χ1) is 9.79. The Kier molecular flexibility index (Phi) is 4.40. The van der Waals surface area contributed by atoms with E-state index in [1.165, 1.54) is 18.5 Å². The molecule has 0 radical (unpaired) electrons. The molecule has 0 aliphatic heterocycles. The molecule has 2 heterocycles. The Morgan fingerprint density at radius 2 is 2.24 bits per heavy atom. The van der Waals surface area contributed by atoms with Crippen molar-refractivity contribution in [2.75, 3.05) is 0 Å². The third-order valence-corrected chi connectivity index (χ3v) is 5.81. The number of aryl methyl sites for hydroxylation is 1. The first-order valence-electron chi connectivity index (χ1n) is 5.96. The van der Waals surface area contributed by atoms with Crippen molar-refractivity contribution >= 4 is 27.3 Å². The normalized spacial score (nSPS) is 13.2. The number of hydrogen-bond donors (Lipinski definition) is 2. The predicted molar refractivity (Wildman–Crippen MR) is 75.4 cm³/mol. The van der Waals surface area contributed by atoms with E-state index >= 15 is 0 Å². The number of hydrogen-bond acceptors (Lipinski definition) is 6. The smallest absolute Gasteiger partial charge is 0.308 e. The number of carboxylic acid groups (broad SMARTS) is 1. The Balaban J connectivity index is 2.16. The van der Waals surface area contributed by atoms with E-state index < -0.39 is 22.0 Å². The Bertz CT molecular complexity index is 750. The second-order valence-electron chi connectivity index (χ2n) is 4.43. The summed E-state index contributed by atoms with van der Waals surface area (Å²) in [6.45, 7) is 1.66. The summed E-state index contributed by atoms with van der Waals surface area (Å²) in [4.78, 5) is 11.1. The topological polar surface area (TPSA) is 114 Å². The SMILES string of the molecule is CC(NS(=O)(=O)c1ccc(CC(=O)O)s1)c1nncn1C. The van der Waals surface area contributed by atoms with Crippen molar-refractivity contribution in [2.24, 2.45) is 7.05 Å². The van der Waals surface area contributed by atoms with Gasteiger partial charge in [-0.25, -0.2) is 13.1 Å². The number of sulfonamides is 1. The standard InChI is InChI=1S/C11H14N4O4S2/c1-7(11-13-12-6-15(11)2)14-21(18,19)10-4-3-8(20-10)5-9(16)17/h3-4,6-7,14H,5H2,1-2H3,(H,16,17). The fourth-order valence-corrected chi connectivity index (χ4v) is 4.34. The van der Waals surface area contributed by atoms with Gasteiger partial charge in [0, 0.05) is 11.9 Å². The minimum absolute atomic E-state index is 0.0766. The first-order valence-corrected chi connectivity index (χ1v) is 8.26. The van der Waals surface area contributed by atoms with Gasteiger partial charge in [0.1, 0.15) is 16.4 Å². The van der Waals surface area contributed by atoms with Gasteiger partial charge in [-0.05, 0) is 19.1 Å². The van der Waals surface area contributed by atoms with Crippen molar-refractivity contribution in [2.45, 2.75) is 23.6 Å². The summed E-state index contributed by atoms with van der Waals surface area (Å²) in [6, 6.07) is 2.35. The molecule has 21 heavy (non-hydrogen) atoms. The molecule has 2 rings (SSSR count). The number of nitrogens with zero attached hydrogens (tertiary/aromatic N) is 3. The van der Waals surface area contributed by atoms with E-state index in [-0.39, 0.29) is 10.6 Å². The molecule has 2 aromatic rings. The van der Waals surface area contributed by atoms with Gasteiger partial charge in [-0.2, -0.15) is 0 Å². The maximum Gasteiger partial charge on any atom is 0.308 e. The molecule has 1 atom stereocenters. The van der Waals surface area contributed by atoms with Gasteiger partial charge in [0.2, 0.25) is 0 Å². The molecular formula is C11H14N4O4S2. The number of carboxylic acids is 1. The van der Waals surface area contributed by atoms with Crippen LogP contribution in [0.15, 0.2) is 22.7 Å². The molecule has 0 aromatic carbocycles. The summed E-state index contributed by atoms with van der Waals surface area (Å²) >= 11 is 0.937. The zero-order chi connectivity index (χ0) is 15.6. The minimum Gasteiger partial charge on any atom is -0.481 e. The molecular weight excluding hydrogens is 316 g/mol. The molecule has 2 N–H and O–H groups in total. The quantitative estimate of drug-likeness (QED) is 0.799. The van der Waals surface area contributed by atoms with Crippen LogP contribution >= 0.6 is 11.3 Å². The fraction of sp³-hybridized carbons (Fsp3) is 0.364. The predicted octanol–water partition coefficient (Wildman–Crippen LogP) is 0.543. The van der Waals surface area contributed by atoms with Crippen molar-refractivity contribution in [1.29, 1.82) is 0 Å². The maximum absolute atomic E-state index is 12.2. The van der Waals surface area contributed by atoms with E-state index in [2.05, 4.69) is 14.9 Å². The van der Waals surface area contributed by atoms with Gasteiger partial charge >= 0.3 is 5.97 Å². The van der Waals surface area contributed by atoms with Gasteiger partial charge in [-0.15, -0.1) is 21.5 Å². The van der Waals surface area contributed by atoms with Crippen LogP contribution in [0.4, 0.5) is 0 Å². The van der Waals surface area contributed by atoms with E-state index in [9.17, 15) is 13.2 Å². The number of nitrogens with one attached hydrogen (secondary N) is 1. The zero-order valence-electron chi connectivity index (χ0n) is 11.3. The Hall–Kier alpha value is -1.78. The van der Waals surface area contributed by atoms with Crippen molar-refractivity contribution < 1.29 is 18.3 Å². The molecule has 2 aromatic heterocycles. The summed E-state index contributed by atoms with van der Waals surface area (Å²) in [5, 5.41) is 16.3. The van der Waals surface area contributed by atoms with Crippen LogP contribution in [0.1, 0.15) is 23.7 Å². The summed E-state index contributed by atoms with van der Waals surface area (Å²) in [7, 11) is -2.00. The van der Waals surface area contributed by atoms with Crippen LogP contribution < -0.4 is 4.72 Å². The molecule has 0 saturated heterocycles. The van der Waals surface area contributed by atoms with Crippen LogP contribution in [0, 0.1) is 0 Å². The lowest BCUT2D eigenvalue weighted by molar-refractivity contribution is -0.136. The summed E-state index contributed by atoms with van der Waals surface area (Å²) in [6.07, 6.45) is 1.29. The van der Waals surface area contributed by atoms with E-state index in [1.54, 1.807) is 18.5 Å². The highest BCUT2D eigenvalue weighted by Crippen LogP contribution is 2.23. The second-order valence-corrected chi connectivity index (χ2v) is 7.54. The lowest BCUT2D eigenvalue weighted by Gasteiger charge is -2.12. The molecule has 0 spiro atoms. The Morgan fingerprint density at radius 3 is 2.81 bits per heavy atom. The number of thiophene rings is 1. The molecule has 0 saturated carbocycles. The van der Waals surface area contributed by atoms with Crippen LogP contribution in [0.25, 0.3) is 0 Å². The number of aliphatic carboxylic acids is 1. The highest BCUT2D eigenvalue weighted by molar-refractivity contribution is 7.91. The van der Waals surface area contributed by atoms with Gasteiger partial charge < -0.3 is 9.67 Å². The van der Waals surface area contributed by atoms with Gasteiger partial charge in [0.25, 0.3) is 10.0 Å². The minimum atomic E-state index is -3.72. The van der Waals surface area contributed by atoms with Gasteiger partial charge in [-0.1, -0.05) is 0 Å². The molecule has 0 amide bonds. The summed E-state index contributed by atoms with van der Waals surface area (Å²) in [5.41, 5.74) is 0. The molecule has 1 unspecified atom stereocenters. The van der Waals surface area contributed by atoms with E-state index in [1.807, 2.05) is 0 Å². The van der Waals surface area contributed by atoms with Gasteiger partial charge in [-0.3, -0.25) is 4.79 Å². The van der Waals surface area contributed by atoms with Crippen molar-refractivity contribution in [3.8, 4) is 0 Å². The zero-order valence-corrected chi connectivity index (χ0v) is 13.0. The molecule has 0 aliphatic rings. The molecule has 10 heteroatoms. The van der Waals surface area contributed by atoms with E-state index in [0.717, 1.165) is 11.3 Å². The average Bonchev–Trinajstić information content (AvgIpc) is 2.97. The van der Waals surface area contributed by atoms with E-state index in [4.69, 9.17) is 5.11 Å². The van der Waals surface area contributed by atoms with Crippen LogP contribution in [-0.4, -0.2) is 34.3 Å². The van der Waals surface area contributed by atoms with Crippen LogP contribution in [0.5, 0.6) is 0 Å². The highest BCUT2D eigenvalue weighted by Gasteiger charge is 2.23. The lowest BCUT2D eigenvalue weighted by atomic mass is 10.3.